The molecule has 7 nitrogen and oxygen atoms in total. The summed E-state index contributed by atoms with van der Waals surface area (Å²) in [6.45, 7) is 1.75. The van der Waals surface area contributed by atoms with Crippen LogP contribution in [0, 0.1) is 0 Å². The van der Waals surface area contributed by atoms with E-state index in [9.17, 15) is 19.5 Å². The first-order valence-electron chi connectivity index (χ1n) is 5.87. The first-order valence-corrected chi connectivity index (χ1v) is 6.28. The summed E-state index contributed by atoms with van der Waals surface area (Å²) in [6, 6.07) is 0. The Morgan fingerprint density at radius 1 is 1.32 bits per heavy atom. The molecule has 0 aromatic heterocycles. The second kappa shape index (κ2) is 6.58. The van der Waals surface area contributed by atoms with Gasteiger partial charge in [-0.15, -0.1) is 0 Å². The van der Waals surface area contributed by atoms with Gasteiger partial charge in [-0.3, -0.25) is 24.2 Å². The lowest BCUT2D eigenvalue weighted by atomic mass is 10.2. The van der Waals surface area contributed by atoms with Crippen molar-refractivity contribution in [3.63, 3.8) is 0 Å². The predicted molar refractivity (Wildman–Crippen MR) is 69.2 cm³/mol. The van der Waals surface area contributed by atoms with E-state index in [0.717, 1.165) is 4.90 Å². The molecule has 0 saturated carbocycles. The minimum Gasteiger partial charge on any atom is -0.481 e. The van der Waals surface area contributed by atoms with E-state index < -0.39 is 23.9 Å². The van der Waals surface area contributed by atoms with Crippen molar-refractivity contribution in [1.82, 2.24) is 9.80 Å². The zero-order chi connectivity index (χ0) is 14.6. The summed E-state index contributed by atoms with van der Waals surface area (Å²) in [7, 11) is 0. The largest absolute Gasteiger partial charge is 0.481 e. The summed E-state index contributed by atoms with van der Waals surface area (Å²) in [5, 5.41) is 17.8. The monoisotopic (exact) mass is 288 g/mol. The van der Waals surface area contributed by atoms with Gasteiger partial charge in [0.15, 0.2) is 5.11 Å². The molecule has 2 amide bonds. The van der Waals surface area contributed by atoms with Crippen LogP contribution in [0.4, 0.5) is 0 Å². The number of carboxylic acid groups (broad SMARTS) is 1. The number of amides is 2. The van der Waals surface area contributed by atoms with Gasteiger partial charge in [-0.05, 0) is 25.6 Å². The van der Waals surface area contributed by atoms with E-state index >= 15 is 0 Å². The minimum absolute atomic E-state index is 0.0168. The number of hydrogen-bond donors (Lipinski definition) is 2. The third-order valence-corrected chi connectivity index (χ3v) is 3.13. The normalized spacial score (nSPS) is 17.9. The highest BCUT2D eigenvalue weighted by Gasteiger charge is 2.34. The number of nitrogens with zero attached hydrogens (tertiary/aromatic N) is 2. The van der Waals surface area contributed by atoms with Gasteiger partial charge in [0.2, 0.25) is 11.8 Å². The fraction of sp³-hybridized carbons (Fsp3) is 0.636. The molecule has 0 aromatic rings. The number of aliphatic carboxylic acids is 1. The molecule has 0 radical (unpaired) electrons. The van der Waals surface area contributed by atoms with Gasteiger partial charge in [0.05, 0.1) is 12.5 Å². The van der Waals surface area contributed by atoms with Gasteiger partial charge in [0, 0.05) is 13.1 Å². The first kappa shape index (κ1) is 15.5. The van der Waals surface area contributed by atoms with Crippen LogP contribution in [-0.2, 0) is 14.4 Å². The maximum absolute atomic E-state index is 11.7. The third-order valence-electron chi connectivity index (χ3n) is 2.69. The van der Waals surface area contributed by atoms with Crippen LogP contribution in [0.15, 0.2) is 0 Å². The molecule has 1 saturated heterocycles. The second-order valence-corrected chi connectivity index (χ2v) is 4.70. The van der Waals surface area contributed by atoms with Gasteiger partial charge < -0.3 is 10.2 Å². The summed E-state index contributed by atoms with van der Waals surface area (Å²) in [5.74, 6) is -1.94. The Balaban J connectivity index is 2.72. The Kier molecular flexibility index (Phi) is 5.37. The van der Waals surface area contributed by atoms with Crippen molar-refractivity contribution in [2.75, 3.05) is 13.1 Å². The highest BCUT2D eigenvalue weighted by atomic mass is 32.1. The number of rotatable bonds is 6. The number of carbonyl (C=O) groups excluding carboxylic acids is 2. The van der Waals surface area contributed by atoms with E-state index in [1.807, 2.05) is 0 Å². The fourth-order valence-corrected chi connectivity index (χ4v) is 2.03. The summed E-state index contributed by atoms with van der Waals surface area (Å²) < 4.78 is 0. The van der Waals surface area contributed by atoms with E-state index in [0.29, 0.717) is 6.42 Å². The Morgan fingerprint density at radius 2 is 1.84 bits per heavy atom. The molecule has 19 heavy (non-hydrogen) atoms. The van der Waals surface area contributed by atoms with Crippen LogP contribution in [0.1, 0.15) is 26.2 Å². The van der Waals surface area contributed by atoms with Crippen molar-refractivity contribution >= 4 is 35.1 Å². The third kappa shape index (κ3) is 4.25. The minimum atomic E-state index is -1.04. The van der Waals surface area contributed by atoms with Crippen molar-refractivity contribution in [1.29, 1.82) is 0 Å². The van der Waals surface area contributed by atoms with Gasteiger partial charge in [-0.1, -0.05) is 0 Å². The van der Waals surface area contributed by atoms with Crippen molar-refractivity contribution < 1.29 is 24.6 Å². The van der Waals surface area contributed by atoms with Gasteiger partial charge in [0.25, 0.3) is 0 Å². The van der Waals surface area contributed by atoms with E-state index in [1.165, 1.54) is 4.90 Å². The van der Waals surface area contributed by atoms with Gasteiger partial charge in [0.1, 0.15) is 6.42 Å². The lowest BCUT2D eigenvalue weighted by molar-refractivity contribution is -0.141. The van der Waals surface area contributed by atoms with Crippen LogP contribution in [0.25, 0.3) is 0 Å². The molecule has 0 spiro atoms. The maximum Gasteiger partial charge on any atom is 0.305 e. The van der Waals surface area contributed by atoms with Gasteiger partial charge in [-0.2, -0.15) is 0 Å². The average Bonchev–Trinajstić information content (AvgIpc) is 2.27. The molecule has 1 rings (SSSR count). The number of thiocarbonyl (C=S) groups is 1. The number of carbonyl (C=O) groups is 3. The van der Waals surface area contributed by atoms with Crippen LogP contribution in [0.3, 0.4) is 0 Å². The molecule has 1 unspecified atom stereocenters. The molecule has 1 heterocycles. The molecular formula is C11H16N2O5S. The molecular weight excluding hydrogens is 272 g/mol. The van der Waals surface area contributed by atoms with Crippen molar-refractivity contribution in [2.24, 2.45) is 0 Å². The van der Waals surface area contributed by atoms with E-state index in [-0.39, 0.29) is 31.0 Å². The summed E-state index contributed by atoms with van der Waals surface area (Å²) >= 11 is 5.04. The number of carboxylic acids is 1. The zero-order valence-electron chi connectivity index (χ0n) is 10.5. The van der Waals surface area contributed by atoms with Crippen LogP contribution in [-0.4, -0.2) is 62.1 Å². The quantitative estimate of drug-likeness (QED) is 0.509. The van der Waals surface area contributed by atoms with E-state index in [2.05, 4.69) is 0 Å². The molecule has 1 aliphatic heterocycles. The number of aliphatic hydroxyl groups is 1. The molecule has 1 fully saturated rings. The van der Waals surface area contributed by atoms with E-state index in [1.54, 1.807) is 6.92 Å². The SMILES string of the molecule is CC(O)CCN1C(=O)CC(=O)N(CCC(=O)O)C1=S. The number of aliphatic hydroxyl groups excluding tert-OH is 1. The smallest absolute Gasteiger partial charge is 0.305 e. The molecule has 0 aromatic carbocycles. The molecule has 1 atom stereocenters. The molecule has 8 heteroatoms. The lowest BCUT2D eigenvalue weighted by Gasteiger charge is -2.35. The predicted octanol–water partition coefficient (Wildman–Crippen LogP) is -0.422. The average molecular weight is 288 g/mol. The lowest BCUT2D eigenvalue weighted by Crippen LogP contribution is -2.55. The summed E-state index contributed by atoms with van der Waals surface area (Å²) in [5.41, 5.74) is 0. The molecule has 0 aliphatic carbocycles. The Labute approximate surface area is 115 Å². The number of hydrogen-bond acceptors (Lipinski definition) is 5. The topological polar surface area (TPSA) is 98.2 Å². The van der Waals surface area contributed by atoms with Crippen molar-refractivity contribution in [2.45, 2.75) is 32.3 Å². The molecule has 0 bridgehead atoms. The van der Waals surface area contributed by atoms with Crippen LogP contribution < -0.4 is 0 Å². The maximum atomic E-state index is 11.7. The Hall–Kier alpha value is -1.54. The fourth-order valence-electron chi connectivity index (χ4n) is 1.64. The van der Waals surface area contributed by atoms with Gasteiger partial charge >= 0.3 is 5.97 Å². The standard InChI is InChI=1S/C11H16N2O5S/c1-7(14)2-4-12-8(15)6-9(16)13(11(12)19)5-3-10(17)18/h7,14H,2-6H2,1H3,(H,17,18). The molecule has 2 N–H and O–H groups in total. The molecule has 1 aliphatic rings. The highest BCUT2D eigenvalue weighted by Crippen LogP contribution is 2.14. The van der Waals surface area contributed by atoms with Crippen LogP contribution >= 0.6 is 12.2 Å². The van der Waals surface area contributed by atoms with Crippen molar-refractivity contribution in [3.05, 3.63) is 0 Å². The van der Waals surface area contributed by atoms with Gasteiger partial charge in [-0.25, -0.2) is 0 Å². The summed E-state index contributed by atoms with van der Waals surface area (Å²) in [4.78, 5) is 36.3. The highest BCUT2D eigenvalue weighted by molar-refractivity contribution is 7.80. The first-order chi connectivity index (χ1) is 8.82. The zero-order valence-corrected chi connectivity index (χ0v) is 11.4. The second-order valence-electron chi connectivity index (χ2n) is 4.33. The van der Waals surface area contributed by atoms with E-state index in [4.69, 9.17) is 17.3 Å². The van der Waals surface area contributed by atoms with Crippen molar-refractivity contribution in [3.8, 4) is 0 Å². The van der Waals surface area contributed by atoms with Crippen LogP contribution in [0.2, 0.25) is 0 Å². The Bertz CT molecular complexity index is 410. The summed E-state index contributed by atoms with van der Waals surface area (Å²) in [6.07, 6.45) is -0.794. The van der Waals surface area contributed by atoms with Crippen LogP contribution in [0.5, 0.6) is 0 Å². The Morgan fingerprint density at radius 3 is 2.32 bits per heavy atom. The molecule has 106 valence electrons.